The molecular weight excluding hydrogens is 212 g/mol. The Labute approximate surface area is 90.7 Å². The van der Waals surface area contributed by atoms with Crippen molar-refractivity contribution in [3.05, 3.63) is 28.8 Å². The molecule has 1 amide bonds. The Morgan fingerprint density at radius 3 is 3.13 bits per heavy atom. The highest BCUT2D eigenvalue weighted by Crippen LogP contribution is 2.24. The molecule has 78 valence electrons. The summed E-state index contributed by atoms with van der Waals surface area (Å²) >= 11 is 1.46. The second-order valence-corrected chi connectivity index (χ2v) is 4.05. The van der Waals surface area contributed by atoms with E-state index in [9.17, 15) is 4.79 Å². The first-order chi connectivity index (χ1) is 7.22. The topological polar surface area (TPSA) is 65.2 Å². The number of carbonyl (C=O) groups excluding carboxylic acids is 1. The molecule has 0 spiro atoms. The van der Waals surface area contributed by atoms with Crippen LogP contribution in [0.5, 0.6) is 0 Å². The van der Waals surface area contributed by atoms with Crippen LogP contribution in [0, 0.1) is 0 Å². The van der Waals surface area contributed by atoms with Gasteiger partial charge in [-0.05, 0) is 11.6 Å². The molecule has 0 aliphatic rings. The van der Waals surface area contributed by atoms with Gasteiger partial charge in [-0.2, -0.15) is 0 Å². The first kappa shape index (κ1) is 10.1. The Bertz CT molecular complexity index is 507. The number of thiophene rings is 1. The first-order valence-corrected chi connectivity index (χ1v) is 5.25. The Morgan fingerprint density at radius 2 is 2.47 bits per heavy atom. The van der Waals surface area contributed by atoms with E-state index in [1.165, 1.54) is 11.3 Å². The van der Waals surface area contributed by atoms with Gasteiger partial charge < -0.3 is 10.5 Å². The second-order valence-electron chi connectivity index (χ2n) is 3.14. The van der Waals surface area contributed by atoms with Crippen LogP contribution >= 0.6 is 11.3 Å². The van der Waals surface area contributed by atoms with Gasteiger partial charge in [-0.15, -0.1) is 11.3 Å². The molecule has 2 aromatic rings. The Kier molecular flexibility index (Phi) is 2.66. The van der Waals surface area contributed by atoms with Gasteiger partial charge >= 0.3 is 0 Å². The number of fused-ring (bicyclic) bond motifs is 1. The Morgan fingerprint density at radius 1 is 1.67 bits per heavy atom. The summed E-state index contributed by atoms with van der Waals surface area (Å²) in [5, 5.41) is 1.73. The van der Waals surface area contributed by atoms with Gasteiger partial charge in [0.25, 0.3) is 5.91 Å². The lowest BCUT2D eigenvalue weighted by Crippen LogP contribution is -2.10. The maximum Gasteiger partial charge on any atom is 0.251 e. The number of rotatable bonds is 3. The summed E-state index contributed by atoms with van der Waals surface area (Å²) in [6.07, 6.45) is 1.70. The fourth-order valence-corrected chi connectivity index (χ4v) is 2.34. The number of primary amides is 1. The van der Waals surface area contributed by atoms with Gasteiger partial charge in [-0.25, -0.2) is 0 Å². The van der Waals surface area contributed by atoms with E-state index in [0.29, 0.717) is 17.7 Å². The standard InChI is InChI=1S/C10H10N2O2S/c1-14-4-6-2-8-9(12-3-6)7(5-15-8)10(11)13/h2-3,5H,4H2,1H3,(H2,11,13). The van der Waals surface area contributed by atoms with Crippen molar-refractivity contribution in [3.8, 4) is 0 Å². The summed E-state index contributed by atoms with van der Waals surface area (Å²) in [4.78, 5) is 15.3. The van der Waals surface area contributed by atoms with Crippen molar-refractivity contribution in [2.24, 2.45) is 5.73 Å². The monoisotopic (exact) mass is 222 g/mol. The molecule has 2 aromatic heterocycles. The number of carbonyl (C=O) groups is 1. The fraction of sp³-hybridized carbons (Fsp3) is 0.200. The van der Waals surface area contributed by atoms with Crippen molar-refractivity contribution in [1.29, 1.82) is 0 Å². The molecule has 0 atom stereocenters. The second kappa shape index (κ2) is 3.96. The molecule has 4 nitrogen and oxygen atoms in total. The third-order valence-electron chi connectivity index (χ3n) is 2.04. The molecule has 15 heavy (non-hydrogen) atoms. The lowest BCUT2D eigenvalue weighted by Gasteiger charge is -1.98. The van der Waals surface area contributed by atoms with E-state index in [4.69, 9.17) is 10.5 Å². The number of hydrogen-bond acceptors (Lipinski definition) is 4. The minimum absolute atomic E-state index is 0.437. The van der Waals surface area contributed by atoms with Crippen LogP contribution in [0.1, 0.15) is 15.9 Å². The average molecular weight is 222 g/mol. The van der Waals surface area contributed by atoms with E-state index < -0.39 is 5.91 Å². The van der Waals surface area contributed by atoms with Crippen LogP contribution in [0.4, 0.5) is 0 Å². The molecule has 0 saturated heterocycles. The molecule has 2 N–H and O–H groups in total. The van der Waals surface area contributed by atoms with E-state index >= 15 is 0 Å². The third kappa shape index (κ3) is 1.84. The molecule has 0 aliphatic heterocycles. The molecule has 5 heteroatoms. The van der Waals surface area contributed by atoms with Crippen molar-refractivity contribution < 1.29 is 9.53 Å². The van der Waals surface area contributed by atoms with Crippen molar-refractivity contribution in [3.63, 3.8) is 0 Å². The SMILES string of the molecule is COCc1cnc2c(C(N)=O)csc2c1. The predicted octanol–water partition coefficient (Wildman–Crippen LogP) is 1.54. The first-order valence-electron chi connectivity index (χ1n) is 4.37. The minimum Gasteiger partial charge on any atom is -0.380 e. The number of ether oxygens (including phenoxy) is 1. The minimum atomic E-state index is -0.437. The van der Waals surface area contributed by atoms with Gasteiger partial charge in [-0.1, -0.05) is 0 Å². The number of amides is 1. The normalized spacial score (nSPS) is 10.7. The summed E-state index contributed by atoms with van der Waals surface area (Å²) < 4.78 is 5.96. The van der Waals surface area contributed by atoms with Crippen molar-refractivity contribution in [1.82, 2.24) is 4.98 Å². The van der Waals surface area contributed by atoms with Crippen LogP contribution in [0.25, 0.3) is 10.2 Å². The van der Waals surface area contributed by atoms with Crippen molar-refractivity contribution >= 4 is 27.5 Å². The molecule has 0 aliphatic carbocycles. The maximum absolute atomic E-state index is 11.1. The summed E-state index contributed by atoms with van der Waals surface area (Å²) in [6.45, 7) is 0.521. The molecule has 0 saturated carbocycles. The highest BCUT2D eigenvalue weighted by atomic mass is 32.1. The van der Waals surface area contributed by atoms with E-state index in [0.717, 1.165) is 10.3 Å². The Hall–Kier alpha value is -1.46. The Balaban J connectivity index is 2.51. The molecule has 0 radical (unpaired) electrons. The zero-order chi connectivity index (χ0) is 10.8. The van der Waals surface area contributed by atoms with E-state index in [1.807, 2.05) is 6.07 Å². The van der Waals surface area contributed by atoms with E-state index in [-0.39, 0.29) is 0 Å². The van der Waals surface area contributed by atoms with Crippen LogP contribution in [-0.2, 0) is 11.3 Å². The van der Waals surface area contributed by atoms with Gasteiger partial charge in [0.2, 0.25) is 0 Å². The largest absolute Gasteiger partial charge is 0.380 e. The third-order valence-corrected chi connectivity index (χ3v) is 2.96. The van der Waals surface area contributed by atoms with Crippen LogP contribution in [0.2, 0.25) is 0 Å². The summed E-state index contributed by atoms with van der Waals surface area (Å²) in [5.41, 5.74) is 7.37. The summed E-state index contributed by atoms with van der Waals surface area (Å²) in [6, 6.07) is 1.96. The van der Waals surface area contributed by atoms with E-state index in [2.05, 4.69) is 4.98 Å². The molecule has 0 fully saturated rings. The molecule has 2 heterocycles. The molecule has 0 bridgehead atoms. The number of methoxy groups -OCH3 is 1. The molecule has 0 unspecified atom stereocenters. The van der Waals surface area contributed by atoms with Crippen molar-refractivity contribution in [2.75, 3.05) is 7.11 Å². The van der Waals surface area contributed by atoms with Gasteiger partial charge in [0.1, 0.15) is 0 Å². The zero-order valence-electron chi connectivity index (χ0n) is 8.19. The lowest BCUT2D eigenvalue weighted by molar-refractivity contribution is 0.100. The number of pyridine rings is 1. The van der Waals surface area contributed by atoms with Gasteiger partial charge in [0, 0.05) is 18.7 Å². The van der Waals surface area contributed by atoms with Gasteiger partial charge in [-0.3, -0.25) is 9.78 Å². The van der Waals surface area contributed by atoms with Crippen LogP contribution in [0.15, 0.2) is 17.6 Å². The summed E-state index contributed by atoms with van der Waals surface area (Å²) in [7, 11) is 1.63. The number of nitrogens with zero attached hydrogens (tertiary/aromatic N) is 1. The van der Waals surface area contributed by atoms with Crippen LogP contribution < -0.4 is 5.73 Å². The summed E-state index contributed by atoms with van der Waals surface area (Å²) in [5.74, 6) is -0.437. The van der Waals surface area contributed by atoms with Crippen molar-refractivity contribution in [2.45, 2.75) is 6.61 Å². The number of aromatic nitrogens is 1. The van der Waals surface area contributed by atoms with Gasteiger partial charge in [0.05, 0.1) is 22.4 Å². The molecule has 0 aromatic carbocycles. The number of hydrogen-bond donors (Lipinski definition) is 1. The van der Waals surface area contributed by atoms with Gasteiger partial charge in [0.15, 0.2) is 0 Å². The highest BCUT2D eigenvalue weighted by Gasteiger charge is 2.10. The predicted molar refractivity (Wildman–Crippen MR) is 58.9 cm³/mol. The fourth-order valence-electron chi connectivity index (χ4n) is 1.38. The molecule has 2 rings (SSSR count). The smallest absolute Gasteiger partial charge is 0.251 e. The van der Waals surface area contributed by atoms with Crippen LogP contribution in [-0.4, -0.2) is 18.0 Å². The number of nitrogens with two attached hydrogens (primary N) is 1. The lowest BCUT2D eigenvalue weighted by atomic mass is 10.2. The maximum atomic E-state index is 11.1. The zero-order valence-corrected chi connectivity index (χ0v) is 9.00. The highest BCUT2D eigenvalue weighted by molar-refractivity contribution is 7.17. The van der Waals surface area contributed by atoms with E-state index in [1.54, 1.807) is 18.7 Å². The quantitative estimate of drug-likeness (QED) is 0.856. The van der Waals surface area contributed by atoms with Crippen LogP contribution in [0.3, 0.4) is 0 Å². The molecular formula is C10H10N2O2S. The average Bonchev–Trinajstić information content (AvgIpc) is 2.61.